The fourth-order valence-electron chi connectivity index (χ4n) is 0.869. The zero-order chi connectivity index (χ0) is 12.0. The van der Waals surface area contributed by atoms with E-state index in [-0.39, 0.29) is 5.91 Å². The van der Waals surface area contributed by atoms with Crippen LogP contribution in [0.4, 0.5) is 5.00 Å². The van der Waals surface area contributed by atoms with Gasteiger partial charge in [-0.2, -0.15) is 5.10 Å². The Morgan fingerprint density at radius 3 is 2.88 bits per heavy atom. The summed E-state index contributed by atoms with van der Waals surface area (Å²) < 4.78 is 0. The molecule has 1 rings (SSSR count). The fraction of sp³-hybridized carbons (Fsp3) is 0.222. The van der Waals surface area contributed by atoms with Gasteiger partial charge < -0.3 is 10.2 Å². The highest BCUT2D eigenvalue weighted by molar-refractivity contribution is 7.14. The summed E-state index contributed by atoms with van der Waals surface area (Å²) in [6.07, 6.45) is 1.45. The molecule has 0 aromatic carbocycles. The molecule has 0 atom stereocenters. The number of carbonyl (C=O) groups excluding carboxylic acids is 2. The van der Waals surface area contributed by atoms with Gasteiger partial charge in [0, 0.05) is 19.4 Å². The Hall–Kier alpha value is -1.89. The zero-order valence-corrected chi connectivity index (χ0v) is 9.63. The molecule has 0 saturated carbocycles. The molecule has 0 spiro atoms. The minimum atomic E-state index is -0.482. The molecule has 1 heterocycles. The second-order valence-corrected chi connectivity index (χ2v) is 3.75. The number of amides is 1. The lowest BCUT2D eigenvalue weighted by Gasteiger charge is -1.99. The Morgan fingerprint density at radius 1 is 1.50 bits per heavy atom. The van der Waals surface area contributed by atoms with Crippen LogP contribution in [-0.2, 0) is 14.4 Å². The first-order valence-electron chi connectivity index (χ1n) is 4.40. The average molecular weight is 241 g/mol. The quantitative estimate of drug-likeness (QED) is 0.611. The summed E-state index contributed by atoms with van der Waals surface area (Å²) in [6.45, 7) is 2.69. The highest BCUT2D eigenvalue weighted by Gasteiger charge is 2.02. The molecule has 1 aromatic heterocycles. The van der Waals surface area contributed by atoms with Crippen LogP contribution in [0.1, 0.15) is 19.4 Å². The molecular weight excluding hydrogens is 230 g/mol. The fourth-order valence-corrected chi connectivity index (χ4v) is 1.68. The van der Waals surface area contributed by atoms with Crippen molar-refractivity contribution in [3.8, 4) is 0 Å². The van der Waals surface area contributed by atoms with Crippen LogP contribution < -0.4 is 10.9 Å². The van der Waals surface area contributed by atoms with Crippen molar-refractivity contribution in [3.63, 3.8) is 0 Å². The molecule has 0 unspecified atom stereocenters. The van der Waals surface area contributed by atoms with Crippen molar-refractivity contribution in [3.05, 3.63) is 17.0 Å². The second-order valence-electron chi connectivity index (χ2n) is 2.83. The number of thiophene rings is 1. The molecule has 0 bridgehead atoms. The number of hydrogen-bond acceptors (Lipinski definition) is 6. The smallest absolute Gasteiger partial charge is 0.327 e. The molecule has 0 aliphatic heterocycles. The summed E-state index contributed by atoms with van der Waals surface area (Å²) in [7, 11) is 0. The van der Waals surface area contributed by atoms with Crippen molar-refractivity contribution in [2.75, 3.05) is 5.32 Å². The number of anilines is 1. The molecule has 7 heteroatoms. The van der Waals surface area contributed by atoms with Crippen molar-refractivity contribution >= 4 is 34.4 Å². The SMILES string of the molecule is CC(=O)Nc1sccc1/C=N/NOC(C)=O. The average Bonchev–Trinajstić information content (AvgIpc) is 2.59. The summed E-state index contributed by atoms with van der Waals surface area (Å²) in [4.78, 5) is 25.6. The van der Waals surface area contributed by atoms with Crippen LogP contribution in [0.15, 0.2) is 16.5 Å². The van der Waals surface area contributed by atoms with Crippen LogP contribution in [0.5, 0.6) is 0 Å². The van der Waals surface area contributed by atoms with E-state index in [2.05, 4.69) is 20.8 Å². The first kappa shape index (κ1) is 12.2. The van der Waals surface area contributed by atoms with E-state index in [1.807, 2.05) is 5.38 Å². The van der Waals surface area contributed by atoms with Gasteiger partial charge in [0.25, 0.3) is 0 Å². The lowest BCUT2D eigenvalue weighted by atomic mass is 10.3. The predicted octanol–water partition coefficient (Wildman–Crippen LogP) is 1.11. The van der Waals surface area contributed by atoms with Gasteiger partial charge in [-0.15, -0.1) is 16.9 Å². The Kier molecular flexibility index (Phi) is 4.46. The van der Waals surface area contributed by atoms with Crippen LogP contribution in [0.25, 0.3) is 0 Å². The van der Waals surface area contributed by atoms with Gasteiger partial charge in [0.05, 0.1) is 6.21 Å². The number of hydrogen-bond donors (Lipinski definition) is 2. The summed E-state index contributed by atoms with van der Waals surface area (Å²) in [5.41, 5.74) is 2.85. The van der Waals surface area contributed by atoms with E-state index in [1.54, 1.807) is 6.07 Å². The van der Waals surface area contributed by atoms with Crippen molar-refractivity contribution in [2.45, 2.75) is 13.8 Å². The minimum Gasteiger partial charge on any atom is -0.327 e. The number of carbonyl (C=O) groups is 2. The van der Waals surface area contributed by atoms with Gasteiger partial charge in [0.2, 0.25) is 5.91 Å². The van der Waals surface area contributed by atoms with Crippen LogP contribution in [0.3, 0.4) is 0 Å². The lowest BCUT2D eigenvalue weighted by Crippen LogP contribution is -2.11. The van der Waals surface area contributed by atoms with Gasteiger partial charge >= 0.3 is 5.97 Å². The summed E-state index contributed by atoms with van der Waals surface area (Å²) >= 11 is 1.38. The second kappa shape index (κ2) is 5.86. The zero-order valence-electron chi connectivity index (χ0n) is 8.81. The normalized spacial score (nSPS) is 10.1. The number of nitrogens with one attached hydrogen (secondary N) is 2. The number of nitrogens with zero attached hydrogens (tertiary/aromatic N) is 1. The van der Waals surface area contributed by atoms with Gasteiger partial charge in [-0.1, -0.05) is 0 Å². The summed E-state index contributed by atoms with van der Waals surface area (Å²) in [5, 5.41) is 8.83. The van der Waals surface area contributed by atoms with Gasteiger partial charge in [-0.05, 0) is 11.4 Å². The van der Waals surface area contributed by atoms with Gasteiger partial charge in [0.15, 0.2) is 0 Å². The highest BCUT2D eigenvalue weighted by Crippen LogP contribution is 2.21. The summed E-state index contributed by atoms with van der Waals surface area (Å²) in [5.74, 6) is -0.630. The molecule has 0 radical (unpaired) electrons. The third-order valence-electron chi connectivity index (χ3n) is 1.43. The lowest BCUT2D eigenvalue weighted by molar-refractivity contribution is -0.148. The Bertz CT molecular complexity index is 414. The van der Waals surface area contributed by atoms with E-state index in [0.29, 0.717) is 5.00 Å². The Labute approximate surface area is 96.3 Å². The molecule has 16 heavy (non-hydrogen) atoms. The van der Waals surface area contributed by atoms with Crippen molar-refractivity contribution < 1.29 is 14.4 Å². The van der Waals surface area contributed by atoms with Crippen molar-refractivity contribution in [1.29, 1.82) is 0 Å². The number of hydrazone groups is 1. The van der Waals surface area contributed by atoms with Gasteiger partial charge in [-0.25, -0.2) is 4.79 Å². The Balaban J connectivity index is 2.56. The monoisotopic (exact) mass is 241 g/mol. The molecule has 1 amide bonds. The minimum absolute atomic E-state index is 0.148. The first-order chi connectivity index (χ1) is 7.59. The van der Waals surface area contributed by atoms with E-state index < -0.39 is 5.97 Å². The van der Waals surface area contributed by atoms with E-state index in [9.17, 15) is 9.59 Å². The highest BCUT2D eigenvalue weighted by atomic mass is 32.1. The predicted molar refractivity (Wildman–Crippen MR) is 61.1 cm³/mol. The largest absolute Gasteiger partial charge is 0.331 e. The third kappa shape index (κ3) is 4.09. The maximum atomic E-state index is 10.8. The molecular formula is C9H11N3O3S. The molecule has 1 aromatic rings. The molecule has 86 valence electrons. The first-order valence-corrected chi connectivity index (χ1v) is 5.28. The van der Waals surface area contributed by atoms with E-state index in [0.717, 1.165) is 5.56 Å². The van der Waals surface area contributed by atoms with Crippen molar-refractivity contribution in [2.24, 2.45) is 5.10 Å². The van der Waals surface area contributed by atoms with E-state index in [1.165, 1.54) is 31.4 Å². The third-order valence-corrected chi connectivity index (χ3v) is 2.28. The molecule has 2 N–H and O–H groups in total. The van der Waals surface area contributed by atoms with Crippen LogP contribution >= 0.6 is 11.3 Å². The Morgan fingerprint density at radius 2 is 2.25 bits per heavy atom. The van der Waals surface area contributed by atoms with Crippen LogP contribution in [-0.4, -0.2) is 18.1 Å². The van der Waals surface area contributed by atoms with Crippen LogP contribution in [0.2, 0.25) is 0 Å². The molecule has 0 aliphatic rings. The van der Waals surface area contributed by atoms with E-state index >= 15 is 0 Å². The maximum absolute atomic E-state index is 10.8. The van der Waals surface area contributed by atoms with E-state index in [4.69, 9.17) is 0 Å². The van der Waals surface area contributed by atoms with Gasteiger partial charge in [0.1, 0.15) is 5.00 Å². The molecule has 0 saturated heterocycles. The topological polar surface area (TPSA) is 79.8 Å². The molecule has 6 nitrogen and oxygen atoms in total. The van der Waals surface area contributed by atoms with Gasteiger partial charge in [-0.3, -0.25) is 4.79 Å². The summed E-state index contributed by atoms with van der Waals surface area (Å²) in [6, 6.07) is 1.79. The number of rotatable bonds is 4. The molecule has 0 fully saturated rings. The standard InChI is InChI=1S/C9H11N3O3S/c1-6(13)11-9-8(3-4-16-9)5-10-12-15-7(2)14/h3-5,12H,1-2H3,(H,11,13)/b10-5+. The molecule has 0 aliphatic carbocycles. The maximum Gasteiger partial charge on any atom is 0.331 e. The van der Waals surface area contributed by atoms with Crippen molar-refractivity contribution in [1.82, 2.24) is 5.59 Å². The van der Waals surface area contributed by atoms with Crippen LogP contribution in [0, 0.1) is 0 Å².